The number of alkyl carbamates (subject to hydrolysis) is 1. The average molecular weight is 317 g/mol. The SMILES string of the molecule is O=C1N[C@@H]2C[C@@H](NC(=O)c3cc(Cl)cc(F)c3F)[C@@H](C2)O1. The zero-order chi connectivity index (χ0) is 15.1. The standard InChI is InChI=1S/C13H11ClF2N2O3/c14-5-1-7(11(16)8(15)2-5)12(19)18-9-3-6-4-10(9)21-13(20)17-6/h1-2,6,9-10H,3-4H2,(H,17,20)(H,18,19)/t6-,9-,10-/m1/s1. The lowest BCUT2D eigenvalue weighted by Gasteiger charge is -2.23. The van der Waals surface area contributed by atoms with Crippen LogP contribution in [0.5, 0.6) is 0 Å². The van der Waals surface area contributed by atoms with E-state index in [0.717, 1.165) is 12.1 Å². The van der Waals surface area contributed by atoms with Gasteiger partial charge >= 0.3 is 6.09 Å². The summed E-state index contributed by atoms with van der Waals surface area (Å²) in [7, 11) is 0. The monoisotopic (exact) mass is 316 g/mol. The van der Waals surface area contributed by atoms with Gasteiger partial charge in [-0.3, -0.25) is 4.79 Å². The third kappa shape index (κ3) is 2.65. The van der Waals surface area contributed by atoms with Gasteiger partial charge < -0.3 is 15.4 Å². The van der Waals surface area contributed by atoms with E-state index in [9.17, 15) is 18.4 Å². The molecule has 1 aromatic carbocycles. The largest absolute Gasteiger partial charge is 0.444 e. The molecule has 0 radical (unpaired) electrons. The van der Waals surface area contributed by atoms with Crippen molar-refractivity contribution in [3.05, 3.63) is 34.4 Å². The zero-order valence-corrected chi connectivity index (χ0v) is 11.4. The summed E-state index contributed by atoms with van der Waals surface area (Å²) < 4.78 is 32.0. The highest BCUT2D eigenvalue weighted by molar-refractivity contribution is 6.31. The van der Waals surface area contributed by atoms with Gasteiger partial charge in [0.1, 0.15) is 6.10 Å². The van der Waals surface area contributed by atoms with Gasteiger partial charge in [0.25, 0.3) is 5.91 Å². The third-order valence-corrected chi connectivity index (χ3v) is 3.86. The summed E-state index contributed by atoms with van der Waals surface area (Å²) in [6.07, 6.45) is 0.0587. The van der Waals surface area contributed by atoms with Crippen molar-refractivity contribution in [2.75, 3.05) is 0 Å². The predicted octanol–water partition coefficient (Wildman–Crippen LogP) is 1.99. The van der Waals surface area contributed by atoms with Gasteiger partial charge in [0.15, 0.2) is 11.6 Å². The molecule has 1 aliphatic carbocycles. The van der Waals surface area contributed by atoms with Crippen molar-refractivity contribution in [2.24, 2.45) is 0 Å². The minimum absolute atomic E-state index is 0.0719. The van der Waals surface area contributed by atoms with Crippen LogP contribution < -0.4 is 10.6 Å². The first-order valence-electron chi connectivity index (χ1n) is 6.36. The lowest BCUT2D eigenvalue weighted by atomic mass is 10.1. The van der Waals surface area contributed by atoms with Gasteiger partial charge in [-0.05, 0) is 18.6 Å². The molecule has 1 aliphatic heterocycles. The number of amides is 2. The van der Waals surface area contributed by atoms with Crippen LogP contribution in [0.25, 0.3) is 0 Å². The molecule has 3 rings (SSSR count). The molecule has 2 fully saturated rings. The van der Waals surface area contributed by atoms with Gasteiger partial charge in [0.2, 0.25) is 0 Å². The molecule has 0 unspecified atom stereocenters. The lowest BCUT2D eigenvalue weighted by molar-refractivity contribution is 0.0658. The number of ether oxygens (including phenoxy) is 1. The van der Waals surface area contributed by atoms with Gasteiger partial charge in [0.05, 0.1) is 11.6 Å². The second-order valence-corrected chi connectivity index (χ2v) is 5.52. The molecule has 5 nitrogen and oxygen atoms in total. The predicted molar refractivity (Wildman–Crippen MR) is 69.0 cm³/mol. The number of benzene rings is 1. The van der Waals surface area contributed by atoms with Crippen LogP contribution in [0.1, 0.15) is 23.2 Å². The normalized spacial score (nSPS) is 27.0. The topological polar surface area (TPSA) is 67.4 Å². The number of hydrogen-bond acceptors (Lipinski definition) is 3. The fourth-order valence-corrected chi connectivity index (χ4v) is 2.91. The highest BCUT2D eigenvalue weighted by Gasteiger charge is 2.42. The maximum Gasteiger partial charge on any atom is 0.407 e. The average Bonchev–Trinajstić information content (AvgIpc) is 2.68. The van der Waals surface area contributed by atoms with Crippen LogP contribution in [0, 0.1) is 11.6 Å². The van der Waals surface area contributed by atoms with E-state index in [4.69, 9.17) is 16.3 Å². The zero-order valence-electron chi connectivity index (χ0n) is 10.7. The molecule has 2 N–H and O–H groups in total. The Morgan fingerprint density at radius 1 is 1.38 bits per heavy atom. The summed E-state index contributed by atoms with van der Waals surface area (Å²) in [5.74, 6) is -3.23. The first-order valence-corrected chi connectivity index (χ1v) is 6.74. The summed E-state index contributed by atoms with van der Waals surface area (Å²) in [5.41, 5.74) is -0.472. The summed E-state index contributed by atoms with van der Waals surface area (Å²) in [6.45, 7) is 0. The molecule has 8 heteroatoms. The minimum Gasteiger partial charge on any atom is -0.444 e. The second kappa shape index (κ2) is 5.14. The third-order valence-electron chi connectivity index (χ3n) is 3.64. The fraction of sp³-hybridized carbons (Fsp3) is 0.385. The van der Waals surface area contributed by atoms with Crippen molar-refractivity contribution in [1.29, 1.82) is 0 Å². The van der Waals surface area contributed by atoms with Crippen molar-refractivity contribution in [2.45, 2.75) is 31.0 Å². The van der Waals surface area contributed by atoms with Crippen molar-refractivity contribution in [3.8, 4) is 0 Å². The molecule has 1 saturated heterocycles. The Hall–Kier alpha value is -1.89. The first-order chi connectivity index (χ1) is 9.94. The molecule has 2 bridgehead atoms. The van der Waals surface area contributed by atoms with Crippen LogP contribution in [0.3, 0.4) is 0 Å². The smallest absolute Gasteiger partial charge is 0.407 e. The van der Waals surface area contributed by atoms with Crippen molar-refractivity contribution >= 4 is 23.6 Å². The number of fused-ring (bicyclic) bond motifs is 2. The molecule has 2 aliphatic rings. The van der Waals surface area contributed by atoms with Crippen molar-refractivity contribution < 1.29 is 23.1 Å². The molecule has 112 valence electrons. The van der Waals surface area contributed by atoms with Crippen LogP contribution in [-0.2, 0) is 4.74 Å². The van der Waals surface area contributed by atoms with Gasteiger partial charge in [-0.15, -0.1) is 0 Å². The van der Waals surface area contributed by atoms with E-state index in [1.54, 1.807) is 0 Å². The number of carbonyl (C=O) groups excluding carboxylic acids is 2. The second-order valence-electron chi connectivity index (χ2n) is 5.09. The minimum atomic E-state index is -1.26. The summed E-state index contributed by atoms with van der Waals surface area (Å²) in [5, 5.41) is 5.10. The highest BCUT2D eigenvalue weighted by Crippen LogP contribution is 2.27. The van der Waals surface area contributed by atoms with Crippen LogP contribution >= 0.6 is 11.6 Å². The van der Waals surface area contributed by atoms with Crippen molar-refractivity contribution in [1.82, 2.24) is 10.6 Å². The van der Waals surface area contributed by atoms with Crippen LogP contribution in [-0.4, -0.2) is 30.2 Å². The van der Waals surface area contributed by atoms with Crippen molar-refractivity contribution in [3.63, 3.8) is 0 Å². The fourth-order valence-electron chi connectivity index (χ4n) is 2.70. The maximum absolute atomic E-state index is 13.6. The van der Waals surface area contributed by atoms with Gasteiger partial charge in [-0.2, -0.15) is 0 Å². The highest BCUT2D eigenvalue weighted by atomic mass is 35.5. The molecule has 1 heterocycles. The lowest BCUT2D eigenvalue weighted by Crippen LogP contribution is -2.44. The Morgan fingerprint density at radius 2 is 2.14 bits per heavy atom. The molecule has 1 aromatic rings. The number of rotatable bonds is 2. The summed E-state index contributed by atoms with van der Waals surface area (Å²) >= 11 is 5.63. The Balaban J connectivity index is 1.77. The summed E-state index contributed by atoms with van der Waals surface area (Å²) in [4.78, 5) is 23.3. The van der Waals surface area contributed by atoms with Crippen LogP contribution in [0.2, 0.25) is 5.02 Å². The molecule has 0 aromatic heterocycles. The number of nitrogens with one attached hydrogen (secondary N) is 2. The quantitative estimate of drug-likeness (QED) is 0.820. The first kappa shape index (κ1) is 14.1. The van der Waals surface area contributed by atoms with Gasteiger partial charge in [-0.1, -0.05) is 11.6 Å². The Morgan fingerprint density at radius 3 is 2.90 bits per heavy atom. The Kier molecular flexibility index (Phi) is 3.44. The molecule has 0 spiro atoms. The molecular weight excluding hydrogens is 306 g/mol. The Bertz CT molecular complexity index is 626. The molecular formula is C13H11ClF2N2O3. The maximum atomic E-state index is 13.6. The van der Waals surface area contributed by atoms with E-state index in [0.29, 0.717) is 12.8 Å². The van der Waals surface area contributed by atoms with E-state index in [2.05, 4.69) is 10.6 Å². The van der Waals surface area contributed by atoms with E-state index in [1.807, 2.05) is 0 Å². The van der Waals surface area contributed by atoms with Crippen LogP contribution in [0.15, 0.2) is 12.1 Å². The van der Waals surface area contributed by atoms with E-state index < -0.39 is 41.3 Å². The number of halogens is 3. The number of carbonyl (C=O) groups is 2. The van der Waals surface area contributed by atoms with E-state index >= 15 is 0 Å². The molecule has 2 amide bonds. The van der Waals surface area contributed by atoms with E-state index in [-0.39, 0.29) is 11.1 Å². The molecule has 1 saturated carbocycles. The summed E-state index contributed by atoms with van der Waals surface area (Å²) in [6, 6.07) is 1.33. The van der Waals surface area contributed by atoms with Gasteiger partial charge in [-0.25, -0.2) is 13.6 Å². The van der Waals surface area contributed by atoms with Gasteiger partial charge in [0, 0.05) is 17.5 Å². The Labute approximate surface area is 123 Å². The van der Waals surface area contributed by atoms with E-state index in [1.165, 1.54) is 0 Å². The van der Waals surface area contributed by atoms with Crippen LogP contribution in [0.4, 0.5) is 13.6 Å². The molecule has 21 heavy (non-hydrogen) atoms. The number of hydrogen-bond donors (Lipinski definition) is 2. The molecule has 3 atom stereocenters.